The molecule has 0 aliphatic heterocycles. The molecule has 9 heteroatoms. The van der Waals surface area contributed by atoms with Gasteiger partial charge in [-0.25, -0.2) is 4.79 Å². The average Bonchev–Trinajstić information content (AvgIpc) is 2.59. The van der Waals surface area contributed by atoms with Gasteiger partial charge in [0.1, 0.15) is 0 Å². The first-order valence-corrected chi connectivity index (χ1v) is 7.67. The fourth-order valence-corrected chi connectivity index (χ4v) is 2.24. The van der Waals surface area contributed by atoms with Crippen LogP contribution in [0.4, 0.5) is 24.5 Å². The van der Waals surface area contributed by atoms with E-state index >= 15 is 0 Å². The van der Waals surface area contributed by atoms with E-state index in [1.165, 1.54) is 19.2 Å². The lowest BCUT2D eigenvalue weighted by Crippen LogP contribution is -2.22. The number of carbonyl (C=O) groups excluding carboxylic acids is 2. The molecule has 0 heterocycles. The van der Waals surface area contributed by atoms with Gasteiger partial charge in [0.15, 0.2) is 0 Å². The van der Waals surface area contributed by atoms with Crippen molar-refractivity contribution in [1.29, 1.82) is 0 Å². The van der Waals surface area contributed by atoms with E-state index in [9.17, 15) is 22.8 Å². The minimum absolute atomic E-state index is 0.0139. The van der Waals surface area contributed by atoms with Crippen molar-refractivity contribution < 1.29 is 27.5 Å². The van der Waals surface area contributed by atoms with Crippen LogP contribution in [-0.4, -0.2) is 25.5 Å². The van der Waals surface area contributed by atoms with Gasteiger partial charge in [0.2, 0.25) is 5.91 Å². The third kappa shape index (κ3) is 5.13. The summed E-state index contributed by atoms with van der Waals surface area (Å²) < 4.78 is 42.8. The molecule has 0 spiro atoms. The van der Waals surface area contributed by atoms with Crippen LogP contribution in [0.5, 0.6) is 0 Å². The molecule has 2 aromatic carbocycles. The summed E-state index contributed by atoms with van der Waals surface area (Å²) in [5, 5.41) is 5.13. The average molecular weight is 387 g/mol. The van der Waals surface area contributed by atoms with Crippen molar-refractivity contribution in [1.82, 2.24) is 0 Å². The first-order valence-electron chi connectivity index (χ1n) is 7.29. The summed E-state index contributed by atoms with van der Waals surface area (Å²) in [6, 6.07) is 8.83. The predicted octanol–water partition coefficient (Wildman–Crippen LogP) is 4.20. The fraction of sp³-hybridized carbons (Fsp3) is 0.176. The molecular weight excluding hydrogens is 373 g/mol. The Morgan fingerprint density at radius 2 is 1.88 bits per heavy atom. The Morgan fingerprint density at radius 3 is 2.54 bits per heavy atom. The Labute approximate surface area is 152 Å². The van der Waals surface area contributed by atoms with Crippen LogP contribution in [0.2, 0.25) is 5.02 Å². The number of methoxy groups -OCH3 is 1. The second kappa shape index (κ2) is 8.09. The van der Waals surface area contributed by atoms with Gasteiger partial charge in [-0.15, -0.1) is 0 Å². The van der Waals surface area contributed by atoms with E-state index in [2.05, 4.69) is 15.4 Å². The van der Waals surface area contributed by atoms with E-state index in [4.69, 9.17) is 11.6 Å². The Bertz CT molecular complexity index is 825. The number of anilines is 2. The molecule has 138 valence electrons. The molecule has 0 saturated carbocycles. The maximum Gasteiger partial charge on any atom is 0.416 e. The third-order valence-corrected chi connectivity index (χ3v) is 3.63. The highest BCUT2D eigenvalue weighted by molar-refractivity contribution is 6.33. The number of ether oxygens (including phenoxy) is 1. The monoisotopic (exact) mass is 386 g/mol. The molecule has 0 aliphatic carbocycles. The molecule has 0 aliphatic rings. The van der Waals surface area contributed by atoms with Crippen molar-refractivity contribution in [3.63, 3.8) is 0 Å². The summed E-state index contributed by atoms with van der Waals surface area (Å²) in [6.45, 7) is -0.316. The lowest BCUT2D eigenvalue weighted by molar-refractivity contribution is -0.137. The minimum atomic E-state index is -4.52. The predicted molar refractivity (Wildman–Crippen MR) is 91.4 cm³/mol. The molecule has 2 rings (SSSR count). The Kier molecular flexibility index (Phi) is 6.10. The van der Waals surface area contributed by atoms with Gasteiger partial charge in [0.05, 0.1) is 35.5 Å². The van der Waals surface area contributed by atoms with E-state index < -0.39 is 23.6 Å². The molecule has 0 bridgehead atoms. The molecule has 2 aromatic rings. The summed E-state index contributed by atoms with van der Waals surface area (Å²) in [6.07, 6.45) is -4.52. The van der Waals surface area contributed by atoms with Gasteiger partial charge in [-0.1, -0.05) is 17.7 Å². The molecule has 0 radical (unpaired) electrons. The second-order valence-corrected chi connectivity index (χ2v) is 5.57. The van der Waals surface area contributed by atoms with Crippen LogP contribution in [0.15, 0.2) is 42.5 Å². The first-order chi connectivity index (χ1) is 12.2. The quantitative estimate of drug-likeness (QED) is 0.756. The number of alkyl halides is 3. The number of carbonyl (C=O) groups is 2. The number of nitrogens with one attached hydrogen (secondary N) is 2. The van der Waals surface area contributed by atoms with E-state index in [-0.39, 0.29) is 22.8 Å². The van der Waals surface area contributed by atoms with E-state index in [1.54, 1.807) is 12.1 Å². The summed E-state index contributed by atoms with van der Waals surface area (Å²) in [4.78, 5) is 23.4. The smallest absolute Gasteiger partial charge is 0.416 e. The molecule has 2 N–H and O–H groups in total. The number of esters is 1. The number of hydrogen-bond donors (Lipinski definition) is 2. The normalized spacial score (nSPS) is 11.0. The molecule has 0 aromatic heterocycles. The zero-order chi connectivity index (χ0) is 19.3. The number of benzene rings is 2. The van der Waals surface area contributed by atoms with Crippen molar-refractivity contribution in [2.24, 2.45) is 0 Å². The maximum atomic E-state index is 12.7. The summed E-state index contributed by atoms with van der Waals surface area (Å²) in [5.41, 5.74) is -0.301. The number of hydrogen-bond acceptors (Lipinski definition) is 4. The van der Waals surface area contributed by atoms with E-state index in [0.29, 0.717) is 5.69 Å². The van der Waals surface area contributed by atoms with Crippen molar-refractivity contribution >= 4 is 34.9 Å². The molecule has 5 nitrogen and oxygen atoms in total. The molecule has 26 heavy (non-hydrogen) atoms. The highest BCUT2D eigenvalue weighted by Gasteiger charge is 2.31. The topological polar surface area (TPSA) is 67.4 Å². The van der Waals surface area contributed by atoms with Crippen molar-refractivity contribution in [2.45, 2.75) is 6.18 Å². The van der Waals surface area contributed by atoms with Crippen molar-refractivity contribution in [2.75, 3.05) is 24.3 Å². The Hall–Kier alpha value is -2.74. The van der Waals surface area contributed by atoms with E-state index in [1.807, 2.05) is 0 Å². The lowest BCUT2D eigenvalue weighted by atomic mass is 10.2. The molecule has 0 atom stereocenters. The van der Waals surface area contributed by atoms with Gasteiger partial charge in [-0.05, 0) is 36.4 Å². The SMILES string of the molecule is COC(=O)c1cccc(NC(=O)CNc2cc(C(F)(F)F)ccc2Cl)c1. The van der Waals surface area contributed by atoms with Gasteiger partial charge in [-0.2, -0.15) is 13.2 Å². The largest absolute Gasteiger partial charge is 0.465 e. The summed E-state index contributed by atoms with van der Waals surface area (Å²) in [5.74, 6) is -1.09. The van der Waals surface area contributed by atoms with Crippen LogP contribution in [0, 0.1) is 0 Å². The van der Waals surface area contributed by atoms with Crippen LogP contribution in [0.1, 0.15) is 15.9 Å². The van der Waals surface area contributed by atoms with Gasteiger partial charge in [0, 0.05) is 5.69 Å². The maximum absolute atomic E-state index is 12.7. The summed E-state index contributed by atoms with van der Waals surface area (Å²) in [7, 11) is 1.23. The zero-order valence-electron chi connectivity index (χ0n) is 13.5. The second-order valence-electron chi connectivity index (χ2n) is 5.17. The molecule has 1 amide bonds. The third-order valence-electron chi connectivity index (χ3n) is 3.30. The van der Waals surface area contributed by atoms with Crippen LogP contribution in [0.3, 0.4) is 0 Å². The Morgan fingerprint density at radius 1 is 1.15 bits per heavy atom. The highest BCUT2D eigenvalue weighted by Crippen LogP contribution is 2.33. The highest BCUT2D eigenvalue weighted by atomic mass is 35.5. The molecule has 0 saturated heterocycles. The van der Waals surface area contributed by atoms with Gasteiger partial charge >= 0.3 is 12.1 Å². The minimum Gasteiger partial charge on any atom is -0.465 e. The van der Waals surface area contributed by atoms with Crippen LogP contribution >= 0.6 is 11.6 Å². The lowest BCUT2D eigenvalue weighted by Gasteiger charge is -2.12. The van der Waals surface area contributed by atoms with E-state index in [0.717, 1.165) is 18.2 Å². The molecule has 0 unspecified atom stereocenters. The number of rotatable bonds is 5. The fourth-order valence-electron chi connectivity index (χ4n) is 2.06. The summed E-state index contributed by atoms with van der Waals surface area (Å²) >= 11 is 5.85. The molecular formula is C17H14ClF3N2O3. The van der Waals surface area contributed by atoms with Gasteiger partial charge in [-0.3, -0.25) is 4.79 Å². The molecule has 0 fully saturated rings. The standard InChI is InChI=1S/C17H14ClF3N2O3/c1-26-16(25)10-3-2-4-12(7-10)23-15(24)9-22-14-8-11(17(19,20)21)5-6-13(14)18/h2-8,22H,9H2,1H3,(H,23,24). The first kappa shape index (κ1) is 19.6. The Balaban J connectivity index is 2.02. The van der Waals surface area contributed by atoms with Crippen LogP contribution in [-0.2, 0) is 15.7 Å². The van der Waals surface area contributed by atoms with Crippen molar-refractivity contribution in [3.8, 4) is 0 Å². The van der Waals surface area contributed by atoms with Gasteiger partial charge in [0.25, 0.3) is 0 Å². The van der Waals surface area contributed by atoms with Crippen molar-refractivity contribution in [3.05, 3.63) is 58.6 Å². The van der Waals surface area contributed by atoms with Crippen LogP contribution < -0.4 is 10.6 Å². The number of amides is 1. The number of halogens is 4. The van der Waals surface area contributed by atoms with Gasteiger partial charge < -0.3 is 15.4 Å². The van der Waals surface area contributed by atoms with Crippen LogP contribution in [0.25, 0.3) is 0 Å². The zero-order valence-corrected chi connectivity index (χ0v) is 14.2.